The van der Waals surface area contributed by atoms with Crippen LogP contribution in [0.15, 0.2) is 5.03 Å². The molecule has 0 aromatic carbocycles. The molecule has 0 aliphatic carbocycles. The van der Waals surface area contributed by atoms with Gasteiger partial charge in [-0.05, 0) is 20.1 Å². The van der Waals surface area contributed by atoms with Gasteiger partial charge in [-0.2, -0.15) is 0 Å². The molecule has 1 N–H and O–H groups in total. The number of piperazine rings is 1. The number of aryl methyl sites for hydroxylation is 2. The number of amides is 3. The van der Waals surface area contributed by atoms with Gasteiger partial charge in [0.05, 0.1) is 11.3 Å². The maximum Gasteiger partial charge on any atom is 0.259 e. The van der Waals surface area contributed by atoms with Gasteiger partial charge in [0.25, 0.3) is 5.91 Å². The predicted octanol–water partition coefficient (Wildman–Crippen LogP) is -0.0861. The second kappa shape index (κ2) is 5.58. The fourth-order valence-corrected chi connectivity index (χ4v) is 2.68. The number of carbonyl (C=O) groups is 3. The van der Waals surface area contributed by atoms with Crippen LogP contribution in [-0.4, -0.2) is 51.9 Å². The summed E-state index contributed by atoms with van der Waals surface area (Å²) in [5.41, 5.74) is 0.899. The molecule has 1 fully saturated rings. The third-order valence-electron chi connectivity index (χ3n) is 2.81. The largest absolute Gasteiger partial charge is 0.320 e. The first-order valence-electron chi connectivity index (χ1n) is 5.93. The Morgan fingerprint density at radius 2 is 1.80 bits per heavy atom. The number of nitrogens with zero attached hydrogens (tertiary/aromatic N) is 3. The topological polar surface area (TPSA) is 92.3 Å². The summed E-state index contributed by atoms with van der Waals surface area (Å²) in [7, 11) is 0. The molecule has 20 heavy (non-hydrogen) atoms. The van der Waals surface area contributed by atoms with Gasteiger partial charge < -0.3 is 4.90 Å². The van der Waals surface area contributed by atoms with Crippen LogP contribution < -0.4 is 5.32 Å². The number of hydrogen-bond donors (Lipinski definition) is 1. The summed E-state index contributed by atoms with van der Waals surface area (Å²) in [5, 5.41) is 2.71. The Balaban J connectivity index is 2.38. The average molecular weight is 294 g/mol. The Bertz CT molecular complexity index is 587. The van der Waals surface area contributed by atoms with Crippen molar-refractivity contribution in [3.8, 4) is 0 Å². The van der Waals surface area contributed by atoms with E-state index in [1.165, 1.54) is 16.7 Å². The molecule has 1 aromatic heterocycles. The van der Waals surface area contributed by atoms with Crippen LogP contribution in [0.5, 0.6) is 0 Å². The number of hydrogen-bond acceptors (Lipinski definition) is 6. The van der Waals surface area contributed by atoms with Crippen LogP contribution in [0.4, 0.5) is 0 Å². The number of rotatable bonds is 2. The molecule has 2 heterocycles. The lowest BCUT2D eigenvalue weighted by molar-refractivity contribution is -0.135. The van der Waals surface area contributed by atoms with Gasteiger partial charge in [-0.25, -0.2) is 9.97 Å². The molecule has 1 aromatic rings. The van der Waals surface area contributed by atoms with Gasteiger partial charge in [0.2, 0.25) is 11.8 Å². The van der Waals surface area contributed by atoms with E-state index in [-0.39, 0.29) is 13.1 Å². The van der Waals surface area contributed by atoms with Crippen molar-refractivity contribution >= 4 is 29.5 Å². The van der Waals surface area contributed by atoms with E-state index in [2.05, 4.69) is 15.3 Å². The van der Waals surface area contributed by atoms with Crippen molar-refractivity contribution in [1.29, 1.82) is 0 Å². The molecule has 0 saturated carbocycles. The number of aromatic nitrogens is 2. The zero-order chi connectivity index (χ0) is 14.9. The van der Waals surface area contributed by atoms with Crippen molar-refractivity contribution in [2.24, 2.45) is 0 Å². The van der Waals surface area contributed by atoms with Crippen LogP contribution in [0.2, 0.25) is 0 Å². The van der Waals surface area contributed by atoms with Crippen molar-refractivity contribution in [1.82, 2.24) is 20.2 Å². The third-order valence-corrected chi connectivity index (χ3v) is 3.49. The lowest BCUT2D eigenvalue weighted by Gasteiger charge is -2.26. The Morgan fingerprint density at radius 1 is 1.20 bits per heavy atom. The van der Waals surface area contributed by atoms with E-state index in [4.69, 9.17) is 0 Å². The van der Waals surface area contributed by atoms with E-state index < -0.39 is 17.7 Å². The van der Waals surface area contributed by atoms with Crippen LogP contribution in [0, 0.1) is 13.8 Å². The molecule has 0 bridgehead atoms. The van der Waals surface area contributed by atoms with Crippen molar-refractivity contribution in [3.05, 3.63) is 17.1 Å². The summed E-state index contributed by atoms with van der Waals surface area (Å²) in [4.78, 5) is 44.8. The summed E-state index contributed by atoms with van der Waals surface area (Å²) >= 11 is 1.33. The normalized spacial score (nSPS) is 15.2. The molecule has 3 amide bonds. The van der Waals surface area contributed by atoms with Crippen molar-refractivity contribution in [2.45, 2.75) is 18.9 Å². The second-order valence-corrected chi connectivity index (χ2v) is 5.17. The molecule has 7 nitrogen and oxygen atoms in total. The van der Waals surface area contributed by atoms with Crippen molar-refractivity contribution < 1.29 is 14.4 Å². The smallest absolute Gasteiger partial charge is 0.259 e. The van der Waals surface area contributed by atoms with E-state index in [1.54, 1.807) is 13.8 Å². The standard InChI is InChI=1S/C12H14N4O3S/c1-6-10(11(20-3)14-7(2)13-6)12(19)16-4-8(17)15-9(18)5-16/h4-5H2,1-3H3,(H,15,17,18). The number of carbonyl (C=O) groups excluding carboxylic acids is 3. The van der Waals surface area contributed by atoms with Gasteiger partial charge in [-0.1, -0.05) is 0 Å². The highest BCUT2D eigenvalue weighted by molar-refractivity contribution is 7.98. The highest BCUT2D eigenvalue weighted by atomic mass is 32.2. The van der Waals surface area contributed by atoms with Crippen molar-refractivity contribution in [3.63, 3.8) is 0 Å². The molecule has 0 spiro atoms. The van der Waals surface area contributed by atoms with Crippen LogP contribution in [0.3, 0.4) is 0 Å². The van der Waals surface area contributed by atoms with Crippen LogP contribution >= 0.6 is 11.8 Å². The molecule has 1 saturated heterocycles. The summed E-state index contributed by atoms with van der Waals surface area (Å²) in [5.74, 6) is -0.775. The van der Waals surface area contributed by atoms with Gasteiger partial charge in [-0.15, -0.1) is 11.8 Å². The molecule has 2 rings (SSSR count). The molecular formula is C12H14N4O3S. The Kier molecular flexibility index (Phi) is 4.03. The minimum absolute atomic E-state index is 0.133. The zero-order valence-corrected chi connectivity index (χ0v) is 12.2. The van der Waals surface area contributed by atoms with Crippen LogP contribution in [-0.2, 0) is 9.59 Å². The van der Waals surface area contributed by atoms with Gasteiger partial charge >= 0.3 is 0 Å². The molecule has 0 radical (unpaired) electrons. The Morgan fingerprint density at radius 3 is 2.35 bits per heavy atom. The monoisotopic (exact) mass is 294 g/mol. The third kappa shape index (κ3) is 2.79. The van der Waals surface area contributed by atoms with Crippen molar-refractivity contribution in [2.75, 3.05) is 19.3 Å². The van der Waals surface area contributed by atoms with Gasteiger partial charge in [0.1, 0.15) is 23.9 Å². The first-order valence-corrected chi connectivity index (χ1v) is 7.16. The minimum Gasteiger partial charge on any atom is -0.320 e. The zero-order valence-electron chi connectivity index (χ0n) is 11.4. The molecular weight excluding hydrogens is 280 g/mol. The maximum atomic E-state index is 12.5. The van der Waals surface area contributed by atoms with E-state index in [0.29, 0.717) is 22.1 Å². The van der Waals surface area contributed by atoms with E-state index in [1.807, 2.05) is 6.26 Å². The minimum atomic E-state index is -0.481. The van der Waals surface area contributed by atoms with Gasteiger partial charge in [0.15, 0.2) is 0 Å². The number of nitrogens with one attached hydrogen (secondary N) is 1. The number of imide groups is 1. The van der Waals surface area contributed by atoms with Crippen LogP contribution in [0.1, 0.15) is 21.9 Å². The molecule has 1 aliphatic rings. The van der Waals surface area contributed by atoms with Gasteiger partial charge in [-0.3, -0.25) is 19.7 Å². The SMILES string of the molecule is CSc1nc(C)nc(C)c1C(=O)N1CC(=O)NC(=O)C1. The fraction of sp³-hybridized carbons (Fsp3) is 0.417. The molecule has 106 valence electrons. The summed E-state index contributed by atoms with van der Waals surface area (Å²) in [6.07, 6.45) is 1.81. The highest BCUT2D eigenvalue weighted by Crippen LogP contribution is 2.22. The number of thioether (sulfide) groups is 1. The lowest BCUT2D eigenvalue weighted by atomic mass is 10.2. The lowest BCUT2D eigenvalue weighted by Crippen LogP contribution is -2.53. The summed E-state index contributed by atoms with van der Waals surface area (Å²) in [6.45, 7) is 3.20. The highest BCUT2D eigenvalue weighted by Gasteiger charge is 2.30. The molecule has 0 unspecified atom stereocenters. The van der Waals surface area contributed by atoms with Gasteiger partial charge in [0, 0.05) is 0 Å². The first-order chi connectivity index (χ1) is 9.42. The quantitative estimate of drug-likeness (QED) is 0.466. The van der Waals surface area contributed by atoms with Crippen LogP contribution in [0.25, 0.3) is 0 Å². The van der Waals surface area contributed by atoms with E-state index >= 15 is 0 Å². The first kappa shape index (κ1) is 14.4. The summed E-state index contributed by atoms with van der Waals surface area (Å²) < 4.78 is 0. The maximum absolute atomic E-state index is 12.5. The second-order valence-electron chi connectivity index (χ2n) is 4.37. The predicted molar refractivity (Wildman–Crippen MR) is 72.3 cm³/mol. The molecule has 1 aliphatic heterocycles. The average Bonchev–Trinajstić information content (AvgIpc) is 2.35. The molecule has 8 heteroatoms. The Labute approximate surface area is 120 Å². The Hall–Kier alpha value is -1.96. The summed E-state index contributed by atoms with van der Waals surface area (Å²) in [6, 6.07) is 0. The van der Waals surface area contributed by atoms with E-state index in [9.17, 15) is 14.4 Å². The van der Waals surface area contributed by atoms with E-state index in [0.717, 1.165) is 0 Å². The molecule has 0 atom stereocenters. The fourth-order valence-electron chi connectivity index (χ4n) is 2.01.